The largest absolute Gasteiger partial charge is 0.379 e. The molecular formula is C18H29NO. The van der Waals surface area contributed by atoms with Crippen molar-refractivity contribution in [2.45, 2.75) is 51.5 Å². The third-order valence-electron chi connectivity index (χ3n) is 4.47. The van der Waals surface area contributed by atoms with E-state index in [1.807, 2.05) is 7.05 Å². The second-order valence-electron chi connectivity index (χ2n) is 6.35. The van der Waals surface area contributed by atoms with Crippen molar-refractivity contribution in [3.05, 3.63) is 35.4 Å². The van der Waals surface area contributed by atoms with Gasteiger partial charge in [0.15, 0.2) is 0 Å². The molecule has 0 aromatic heterocycles. The van der Waals surface area contributed by atoms with Gasteiger partial charge < -0.3 is 10.1 Å². The summed E-state index contributed by atoms with van der Waals surface area (Å²) in [4.78, 5) is 0. The van der Waals surface area contributed by atoms with E-state index in [2.05, 4.69) is 43.4 Å². The van der Waals surface area contributed by atoms with E-state index in [0.29, 0.717) is 12.0 Å². The Hall–Kier alpha value is -0.860. The molecule has 0 spiro atoms. The Kier molecular flexibility index (Phi) is 6.06. The first-order chi connectivity index (χ1) is 9.70. The first kappa shape index (κ1) is 15.5. The van der Waals surface area contributed by atoms with E-state index in [-0.39, 0.29) is 0 Å². The fourth-order valence-corrected chi connectivity index (χ4v) is 2.99. The summed E-state index contributed by atoms with van der Waals surface area (Å²) in [6.45, 7) is 6.17. The SMILES string of the molecule is CNC(COCC1CCCC1)c1ccc(C(C)C)cc1. The minimum Gasteiger partial charge on any atom is -0.379 e. The van der Waals surface area contributed by atoms with Gasteiger partial charge in [0.1, 0.15) is 0 Å². The first-order valence-electron chi connectivity index (χ1n) is 8.05. The second kappa shape index (κ2) is 7.80. The van der Waals surface area contributed by atoms with Gasteiger partial charge in [-0.2, -0.15) is 0 Å². The summed E-state index contributed by atoms with van der Waals surface area (Å²) >= 11 is 0. The molecule has 0 aliphatic heterocycles. The molecule has 1 fully saturated rings. The number of hydrogen-bond donors (Lipinski definition) is 1. The quantitative estimate of drug-likeness (QED) is 0.802. The Bertz CT molecular complexity index is 379. The van der Waals surface area contributed by atoms with Crippen LogP contribution in [0, 0.1) is 5.92 Å². The van der Waals surface area contributed by atoms with Crippen molar-refractivity contribution in [2.75, 3.05) is 20.3 Å². The summed E-state index contributed by atoms with van der Waals surface area (Å²) in [6.07, 6.45) is 5.49. The van der Waals surface area contributed by atoms with E-state index >= 15 is 0 Å². The molecule has 1 N–H and O–H groups in total. The number of nitrogens with one attached hydrogen (secondary N) is 1. The van der Waals surface area contributed by atoms with Crippen LogP contribution >= 0.6 is 0 Å². The number of benzene rings is 1. The summed E-state index contributed by atoms with van der Waals surface area (Å²) in [5.41, 5.74) is 2.72. The molecule has 1 saturated carbocycles. The molecule has 0 bridgehead atoms. The van der Waals surface area contributed by atoms with E-state index in [1.165, 1.54) is 36.8 Å². The van der Waals surface area contributed by atoms with Crippen molar-refractivity contribution in [3.63, 3.8) is 0 Å². The maximum Gasteiger partial charge on any atom is 0.0661 e. The molecule has 2 nitrogen and oxygen atoms in total. The predicted molar refractivity (Wildman–Crippen MR) is 85.1 cm³/mol. The summed E-state index contributed by atoms with van der Waals surface area (Å²) in [5.74, 6) is 1.39. The minimum atomic E-state index is 0.303. The maximum absolute atomic E-state index is 5.94. The third-order valence-corrected chi connectivity index (χ3v) is 4.47. The molecule has 1 aromatic rings. The normalized spacial score (nSPS) is 17.8. The highest BCUT2D eigenvalue weighted by molar-refractivity contribution is 5.26. The molecule has 1 aliphatic carbocycles. The fraction of sp³-hybridized carbons (Fsp3) is 0.667. The topological polar surface area (TPSA) is 21.3 Å². The van der Waals surface area contributed by atoms with Crippen LogP contribution in [0.3, 0.4) is 0 Å². The monoisotopic (exact) mass is 275 g/mol. The van der Waals surface area contributed by atoms with Crippen molar-refractivity contribution >= 4 is 0 Å². The van der Waals surface area contributed by atoms with Gasteiger partial charge >= 0.3 is 0 Å². The lowest BCUT2D eigenvalue weighted by Gasteiger charge is -2.19. The third kappa shape index (κ3) is 4.32. The zero-order chi connectivity index (χ0) is 14.4. The van der Waals surface area contributed by atoms with Gasteiger partial charge in [0, 0.05) is 6.61 Å². The number of likely N-dealkylation sites (N-methyl/N-ethyl adjacent to an activating group) is 1. The van der Waals surface area contributed by atoms with Crippen LogP contribution in [0.15, 0.2) is 24.3 Å². The molecule has 1 unspecified atom stereocenters. The van der Waals surface area contributed by atoms with Crippen LogP contribution in [0.5, 0.6) is 0 Å². The molecule has 0 amide bonds. The second-order valence-corrected chi connectivity index (χ2v) is 6.35. The van der Waals surface area contributed by atoms with Crippen molar-refractivity contribution in [1.82, 2.24) is 5.32 Å². The highest BCUT2D eigenvalue weighted by atomic mass is 16.5. The van der Waals surface area contributed by atoms with Gasteiger partial charge in [0.05, 0.1) is 12.6 Å². The van der Waals surface area contributed by atoms with Gasteiger partial charge in [0.2, 0.25) is 0 Å². The van der Waals surface area contributed by atoms with Gasteiger partial charge in [-0.25, -0.2) is 0 Å². The summed E-state index contributed by atoms with van der Waals surface area (Å²) < 4.78 is 5.94. The van der Waals surface area contributed by atoms with Crippen molar-refractivity contribution in [2.24, 2.45) is 5.92 Å². The van der Waals surface area contributed by atoms with Gasteiger partial charge in [-0.15, -0.1) is 0 Å². The van der Waals surface area contributed by atoms with Crippen LogP contribution in [0.25, 0.3) is 0 Å². The lowest BCUT2D eigenvalue weighted by atomic mass is 9.99. The van der Waals surface area contributed by atoms with Crippen molar-refractivity contribution in [3.8, 4) is 0 Å². The van der Waals surface area contributed by atoms with E-state index < -0.39 is 0 Å². The van der Waals surface area contributed by atoms with Crippen LogP contribution < -0.4 is 5.32 Å². The molecule has 0 radical (unpaired) electrons. The van der Waals surface area contributed by atoms with Crippen molar-refractivity contribution < 1.29 is 4.74 Å². The van der Waals surface area contributed by atoms with E-state index in [9.17, 15) is 0 Å². The summed E-state index contributed by atoms with van der Waals surface area (Å²) in [7, 11) is 2.01. The zero-order valence-electron chi connectivity index (χ0n) is 13.2. The number of rotatable bonds is 7. The average molecular weight is 275 g/mol. The highest BCUT2D eigenvalue weighted by Gasteiger charge is 2.16. The number of hydrogen-bond acceptors (Lipinski definition) is 2. The standard InChI is InChI=1S/C18H29NO/c1-14(2)16-8-10-17(11-9-16)18(19-3)13-20-12-15-6-4-5-7-15/h8-11,14-15,18-19H,4-7,12-13H2,1-3H3. The Morgan fingerprint density at radius 1 is 1.10 bits per heavy atom. The molecule has 0 heterocycles. The molecule has 1 aromatic carbocycles. The molecule has 2 rings (SSSR count). The van der Waals surface area contributed by atoms with Gasteiger partial charge in [-0.05, 0) is 42.9 Å². The predicted octanol–water partition coefficient (Wildman–Crippen LogP) is 4.28. The van der Waals surface area contributed by atoms with E-state index in [0.717, 1.165) is 19.1 Å². The first-order valence-corrected chi connectivity index (χ1v) is 8.05. The molecular weight excluding hydrogens is 246 g/mol. The minimum absolute atomic E-state index is 0.303. The smallest absolute Gasteiger partial charge is 0.0661 e. The average Bonchev–Trinajstić information content (AvgIpc) is 2.97. The van der Waals surface area contributed by atoms with Crippen LogP contribution in [-0.4, -0.2) is 20.3 Å². The van der Waals surface area contributed by atoms with Gasteiger partial charge in [-0.1, -0.05) is 51.0 Å². The van der Waals surface area contributed by atoms with Crippen LogP contribution in [0.1, 0.15) is 62.6 Å². The molecule has 112 valence electrons. The summed E-state index contributed by atoms with van der Waals surface area (Å²) in [6, 6.07) is 9.24. The van der Waals surface area contributed by atoms with Crippen LogP contribution in [-0.2, 0) is 4.74 Å². The van der Waals surface area contributed by atoms with Gasteiger partial charge in [-0.3, -0.25) is 0 Å². The maximum atomic E-state index is 5.94. The zero-order valence-corrected chi connectivity index (χ0v) is 13.2. The van der Waals surface area contributed by atoms with Crippen LogP contribution in [0.4, 0.5) is 0 Å². The van der Waals surface area contributed by atoms with E-state index in [1.54, 1.807) is 0 Å². The molecule has 0 saturated heterocycles. The van der Waals surface area contributed by atoms with Gasteiger partial charge in [0.25, 0.3) is 0 Å². The Morgan fingerprint density at radius 3 is 2.25 bits per heavy atom. The lowest BCUT2D eigenvalue weighted by Crippen LogP contribution is -2.23. The fourth-order valence-electron chi connectivity index (χ4n) is 2.99. The Morgan fingerprint density at radius 2 is 1.70 bits per heavy atom. The van der Waals surface area contributed by atoms with Crippen molar-refractivity contribution in [1.29, 1.82) is 0 Å². The van der Waals surface area contributed by atoms with E-state index in [4.69, 9.17) is 4.74 Å². The molecule has 1 aliphatic rings. The van der Waals surface area contributed by atoms with Crippen LogP contribution in [0.2, 0.25) is 0 Å². The highest BCUT2D eigenvalue weighted by Crippen LogP contribution is 2.25. The molecule has 2 heteroatoms. The number of ether oxygens (including phenoxy) is 1. The molecule has 1 atom stereocenters. The molecule has 20 heavy (non-hydrogen) atoms. The Labute approximate surface area is 123 Å². The Balaban J connectivity index is 1.83. The summed E-state index contributed by atoms with van der Waals surface area (Å²) in [5, 5.41) is 3.37. The lowest BCUT2D eigenvalue weighted by molar-refractivity contribution is 0.0844.